The van der Waals surface area contributed by atoms with Crippen LogP contribution in [-0.4, -0.2) is 62.6 Å². The summed E-state index contributed by atoms with van der Waals surface area (Å²) in [5.74, 6) is -0.114. The van der Waals surface area contributed by atoms with Gasteiger partial charge in [0.05, 0.1) is 28.5 Å². The zero-order valence-corrected chi connectivity index (χ0v) is 24.4. The number of hydrogen-bond acceptors (Lipinski definition) is 9. The Morgan fingerprint density at radius 3 is 2.52 bits per heavy atom. The quantitative estimate of drug-likeness (QED) is 0.120. The van der Waals surface area contributed by atoms with Gasteiger partial charge in [0.15, 0.2) is 0 Å². The summed E-state index contributed by atoms with van der Waals surface area (Å²) in [6.45, 7) is 3.48. The van der Waals surface area contributed by atoms with E-state index in [4.69, 9.17) is 0 Å². The first kappa shape index (κ1) is 31.3. The monoisotopic (exact) mass is 597 g/mol. The molecule has 0 saturated carbocycles. The normalized spacial score (nSPS) is 16.7. The van der Waals surface area contributed by atoms with Crippen molar-refractivity contribution >= 4 is 33.7 Å². The van der Waals surface area contributed by atoms with E-state index < -0.39 is 33.8 Å². The van der Waals surface area contributed by atoms with Crippen molar-refractivity contribution in [1.29, 1.82) is 0 Å². The van der Waals surface area contributed by atoms with Gasteiger partial charge in [-0.1, -0.05) is 42.5 Å². The molecule has 0 bridgehead atoms. The SMILES string of the molecule is CCNc1cc(C(=O)N[C@@H](Cc2ccccc2)[C@H](O)CNCc2cccc([N+](=O)[O-])c2)cc(N2CCCCS2(O)O)c1. The van der Waals surface area contributed by atoms with Crippen LogP contribution in [0.5, 0.6) is 0 Å². The number of aliphatic hydroxyl groups excluding tert-OH is 1. The molecule has 0 aliphatic carbocycles. The fraction of sp³-hybridized carbons (Fsp3) is 0.367. The molecule has 6 N–H and O–H groups in total. The van der Waals surface area contributed by atoms with Crippen LogP contribution in [-0.2, 0) is 13.0 Å². The molecule has 1 saturated heterocycles. The number of nitro benzene ring substituents is 1. The molecule has 0 radical (unpaired) electrons. The van der Waals surface area contributed by atoms with Gasteiger partial charge in [0, 0.05) is 49.6 Å². The van der Waals surface area contributed by atoms with Crippen LogP contribution >= 0.6 is 10.8 Å². The van der Waals surface area contributed by atoms with Crippen LogP contribution in [0.2, 0.25) is 0 Å². The van der Waals surface area contributed by atoms with Crippen LogP contribution in [0.4, 0.5) is 17.1 Å². The topological polar surface area (TPSA) is 160 Å². The van der Waals surface area contributed by atoms with Crippen LogP contribution in [0.1, 0.15) is 41.3 Å². The third kappa shape index (κ3) is 8.43. The molecule has 226 valence electrons. The Hall–Kier alpha value is -3.68. The van der Waals surface area contributed by atoms with Gasteiger partial charge in [0.25, 0.3) is 11.6 Å². The van der Waals surface area contributed by atoms with E-state index in [0.717, 1.165) is 18.4 Å². The van der Waals surface area contributed by atoms with E-state index in [0.29, 0.717) is 48.6 Å². The number of anilines is 2. The third-order valence-electron chi connectivity index (χ3n) is 7.11. The number of rotatable bonds is 13. The lowest BCUT2D eigenvalue weighted by atomic mass is 10.00. The summed E-state index contributed by atoms with van der Waals surface area (Å²) in [5, 5.41) is 31.6. The Labute approximate surface area is 247 Å². The van der Waals surface area contributed by atoms with Gasteiger partial charge >= 0.3 is 0 Å². The minimum Gasteiger partial charge on any atom is -0.390 e. The van der Waals surface area contributed by atoms with Crippen molar-refractivity contribution in [3.8, 4) is 0 Å². The summed E-state index contributed by atoms with van der Waals surface area (Å²) in [7, 11) is -2.98. The van der Waals surface area contributed by atoms with E-state index >= 15 is 0 Å². The molecule has 1 amide bonds. The third-order valence-corrected chi connectivity index (χ3v) is 9.05. The predicted molar refractivity (Wildman–Crippen MR) is 167 cm³/mol. The van der Waals surface area contributed by atoms with Gasteiger partial charge in [-0.15, -0.1) is 10.8 Å². The molecule has 1 aliphatic rings. The lowest BCUT2D eigenvalue weighted by Crippen LogP contribution is -2.48. The summed E-state index contributed by atoms with van der Waals surface area (Å²) in [5.41, 5.74) is 3.20. The van der Waals surface area contributed by atoms with Crippen molar-refractivity contribution in [3.63, 3.8) is 0 Å². The van der Waals surface area contributed by atoms with Gasteiger partial charge in [0.1, 0.15) is 0 Å². The molecule has 12 heteroatoms. The van der Waals surface area contributed by atoms with Crippen molar-refractivity contribution in [3.05, 3.63) is 99.6 Å². The Kier molecular flexibility index (Phi) is 10.8. The number of benzene rings is 3. The van der Waals surface area contributed by atoms with Crippen LogP contribution in [0.15, 0.2) is 72.8 Å². The van der Waals surface area contributed by atoms with Crippen LogP contribution in [0.25, 0.3) is 0 Å². The second-order valence-corrected chi connectivity index (χ2v) is 12.5. The van der Waals surface area contributed by atoms with Gasteiger partial charge in [-0.05, 0) is 55.5 Å². The number of amides is 1. The predicted octanol–water partition coefficient (Wildman–Crippen LogP) is 4.78. The Morgan fingerprint density at radius 2 is 1.81 bits per heavy atom. The van der Waals surface area contributed by atoms with Gasteiger partial charge in [-0.2, -0.15) is 0 Å². The van der Waals surface area contributed by atoms with Crippen molar-refractivity contribution in [2.45, 2.75) is 44.9 Å². The van der Waals surface area contributed by atoms with E-state index in [-0.39, 0.29) is 18.0 Å². The molecule has 1 aliphatic heterocycles. The van der Waals surface area contributed by atoms with E-state index in [1.807, 2.05) is 43.3 Å². The fourth-order valence-corrected chi connectivity index (χ4v) is 6.66. The van der Waals surface area contributed by atoms with E-state index in [1.165, 1.54) is 12.1 Å². The first-order valence-electron chi connectivity index (χ1n) is 14.1. The number of nitrogens with zero attached hydrogens (tertiary/aromatic N) is 2. The first-order chi connectivity index (χ1) is 20.2. The largest absolute Gasteiger partial charge is 0.390 e. The molecule has 3 aromatic carbocycles. The first-order valence-corrected chi connectivity index (χ1v) is 15.7. The van der Waals surface area contributed by atoms with Crippen molar-refractivity contribution in [1.82, 2.24) is 10.6 Å². The highest BCUT2D eigenvalue weighted by Gasteiger charge is 2.28. The van der Waals surface area contributed by atoms with Gasteiger partial charge in [-0.25, -0.2) is 0 Å². The molecule has 3 aromatic rings. The second-order valence-electron chi connectivity index (χ2n) is 10.3. The molecular weight excluding hydrogens is 558 g/mol. The molecule has 42 heavy (non-hydrogen) atoms. The summed E-state index contributed by atoms with van der Waals surface area (Å²) in [6, 6.07) is 20.3. The average Bonchev–Trinajstić information content (AvgIpc) is 2.97. The van der Waals surface area contributed by atoms with Crippen molar-refractivity contribution < 1.29 is 23.9 Å². The highest BCUT2D eigenvalue weighted by molar-refractivity contribution is 8.25. The van der Waals surface area contributed by atoms with E-state index in [1.54, 1.807) is 28.6 Å². The number of carbonyl (C=O) groups excluding carboxylic acids is 1. The molecule has 2 atom stereocenters. The van der Waals surface area contributed by atoms with E-state index in [2.05, 4.69) is 16.0 Å². The van der Waals surface area contributed by atoms with E-state index in [9.17, 15) is 29.1 Å². The molecule has 1 heterocycles. The lowest BCUT2D eigenvalue weighted by Gasteiger charge is -2.47. The molecule has 4 rings (SSSR count). The molecule has 11 nitrogen and oxygen atoms in total. The van der Waals surface area contributed by atoms with Gasteiger partial charge < -0.3 is 21.1 Å². The minimum absolute atomic E-state index is 0.00554. The number of nitro groups is 1. The van der Waals surface area contributed by atoms with Gasteiger partial charge in [0.2, 0.25) is 0 Å². The average molecular weight is 598 g/mol. The Balaban J connectivity index is 1.52. The maximum absolute atomic E-state index is 13.6. The summed E-state index contributed by atoms with van der Waals surface area (Å²) in [6.07, 6.45) is 0.946. The zero-order valence-electron chi connectivity index (χ0n) is 23.6. The highest BCUT2D eigenvalue weighted by Crippen LogP contribution is 2.50. The van der Waals surface area contributed by atoms with Gasteiger partial charge in [-0.3, -0.25) is 28.3 Å². The molecule has 0 unspecified atom stereocenters. The summed E-state index contributed by atoms with van der Waals surface area (Å²) < 4.78 is 23.0. The molecule has 0 aromatic heterocycles. The lowest BCUT2D eigenvalue weighted by molar-refractivity contribution is -0.384. The smallest absolute Gasteiger partial charge is 0.269 e. The zero-order chi connectivity index (χ0) is 30.1. The van der Waals surface area contributed by atoms with Crippen LogP contribution < -0.4 is 20.3 Å². The maximum Gasteiger partial charge on any atom is 0.269 e. The number of nitrogens with one attached hydrogen (secondary N) is 3. The summed E-state index contributed by atoms with van der Waals surface area (Å²) >= 11 is 0. The minimum atomic E-state index is -2.98. The summed E-state index contributed by atoms with van der Waals surface area (Å²) in [4.78, 5) is 24.3. The van der Waals surface area contributed by atoms with Crippen LogP contribution in [0, 0.1) is 10.1 Å². The molecule has 0 spiro atoms. The Morgan fingerprint density at radius 1 is 1.05 bits per heavy atom. The number of non-ortho nitro benzene ring substituents is 1. The number of carbonyl (C=O) groups is 1. The maximum atomic E-state index is 13.6. The number of hydrogen-bond donors (Lipinski definition) is 6. The fourth-order valence-electron chi connectivity index (χ4n) is 4.99. The standard InChI is InChI=1S/C30H39N5O6S/c1-2-32-25-17-24(18-27(19-25)34-13-6-7-14-42(34,40)41)30(37)33-28(16-22-9-4-3-5-10-22)29(36)21-31-20-23-11-8-12-26(15-23)35(38)39/h3-5,8-12,15,17-19,28-29,31-32,36,40-41H,2,6-7,13-14,16,20-21H2,1H3,(H,33,37)/t28-,29+/m0/s1. The second kappa shape index (κ2) is 14.5. The van der Waals surface area contributed by atoms with Crippen molar-refractivity contribution in [2.75, 3.05) is 35.0 Å². The Bertz CT molecular complexity index is 1360. The molecular formula is C30H39N5O6S. The molecule has 1 fully saturated rings. The highest BCUT2D eigenvalue weighted by atomic mass is 32.3. The number of aliphatic hydroxyl groups is 1. The van der Waals surface area contributed by atoms with Crippen molar-refractivity contribution in [2.24, 2.45) is 0 Å². The van der Waals surface area contributed by atoms with Crippen LogP contribution in [0.3, 0.4) is 0 Å².